The zero-order chi connectivity index (χ0) is 14.3. The van der Waals surface area contributed by atoms with Gasteiger partial charge in [0.25, 0.3) is 5.91 Å². The number of rotatable bonds is 2. The molecule has 1 fully saturated rings. The van der Waals surface area contributed by atoms with Crippen LogP contribution in [0.4, 0.5) is 5.69 Å². The van der Waals surface area contributed by atoms with Crippen molar-refractivity contribution < 1.29 is 19.8 Å². The molecule has 20 heavy (non-hydrogen) atoms. The van der Waals surface area contributed by atoms with Crippen LogP contribution in [-0.4, -0.2) is 52.2 Å². The average molecular weight is 276 g/mol. The first-order valence-electron chi connectivity index (χ1n) is 6.65. The van der Waals surface area contributed by atoms with Gasteiger partial charge in [-0.05, 0) is 24.1 Å². The number of amides is 1. The number of nitrogens with zero attached hydrogens (tertiary/aromatic N) is 1. The molecule has 0 spiro atoms. The van der Waals surface area contributed by atoms with E-state index in [0.29, 0.717) is 5.56 Å². The summed E-state index contributed by atoms with van der Waals surface area (Å²) in [4.78, 5) is 24.8. The highest BCUT2D eigenvalue weighted by Gasteiger charge is 2.39. The first-order chi connectivity index (χ1) is 9.56. The minimum atomic E-state index is -1.07. The van der Waals surface area contributed by atoms with Gasteiger partial charge in [0, 0.05) is 30.8 Å². The number of hydrogen-bond donors (Lipinski definition) is 3. The summed E-state index contributed by atoms with van der Waals surface area (Å²) in [7, 11) is 0. The molecule has 3 N–H and O–H groups in total. The van der Waals surface area contributed by atoms with E-state index in [2.05, 4.69) is 5.32 Å². The van der Waals surface area contributed by atoms with Crippen LogP contribution in [0.2, 0.25) is 0 Å². The van der Waals surface area contributed by atoms with Crippen LogP contribution in [0.3, 0.4) is 0 Å². The number of β-amino-alcohol motifs (C(OH)–C–C–N with tert-alkyl or cyclic N) is 1. The van der Waals surface area contributed by atoms with Gasteiger partial charge in [0.15, 0.2) is 0 Å². The zero-order valence-electron chi connectivity index (χ0n) is 10.9. The number of carbonyl (C=O) groups excluding carboxylic acids is 1. The van der Waals surface area contributed by atoms with Crippen molar-refractivity contribution in [1.29, 1.82) is 0 Å². The van der Waals surface area contributed by atoms with Crippen molar-refractivity contribution in [1.82, 2.24) is 4.90 Å². The first kappa shape index (κ1) is 12.9. The van der Waals surface area contributed by atoms with Crippen LogP contribution in [0.15, 0.2) is 18.2 Å². The van der Waals surface area contributed by atoms with Crippen LogP contribution in [0.1, 0.15) is 22.3 Å². The number of carboxylic acid groups (broad SMARTS) is 1. The Labute approximate surface area is 116 Å². The second kappa shape index (κ2) is 4.79. The lowest BCUT2D eigenvalue weighted by atomic mass is 10.1. The Kier molecular flexibility index (Phi) is 3.10. The highest BCUT2D eigenvalue weighted by molar-refractivity contribution is 5.98. The van der Waals surface area contributed by atoms with Crippen LogP contribution < -0.4 is 5.32 Å². The van der Waals surface area contributed by atoms with E-state index in [0.717, 1.165) is 24.2 Å². The number of aliphatic hydroxyl groups is 1. The second-order valence-electron chi connectivity index (χ2n) is 5.25. The number of fused-ring (bicyclic) bond motifs is 1. The molecule has 0 radical (unpaired) electrons. The van der Waals surface area contributed by atoms with Crippen molar-refractivity contribution in [3.05, 3.63) is 29.3 Å². The summed E-state index contributed by atoms with van der Waals surface area (Å²) in [6, 6.07) is 4.43. The number of likely N-dealkylation sites (tertiary alicyclic amines) is 1. The molecule has 0 saturated carbocycles. The third-order valence-electron chi connectivity index (χ3n) is 3.89. The van der Waals surface area contributed by atoms with E-state index in [1.807, 2.05) is 6.07 Å². The molecule has 2 unspecified atom stereocenters. The molecule has 0 aliphatic carbocycles. The summed E-state index contributed by atoms with van der Waals surface area (Å²) in [5, 5.41) is 21.9. The molecule has 1 saturated heterocycles. The van der Waals surface area contributed by atoms with E-state index in [1.54, 1.807) is 12.1 Å². The number of aliphatic carboxylic acids is 1. The number of hydrogen-bond acceptors (Lipinski definition) is 4. The molecular formula is C14H16N2O4. The quantitative estimate of drug-likeness (QED) is 0.723. The molecule has 106 valence electrons. The van der Waals surface area contributed by atoms with E-state index in [9.17, 15) is 14.7 Å². The van der Waals surface area contributed by atoms with Crippen LogP contribution in [0.25, 0.3) is 0 Å². The van der Waals surface area contributed by atoms with Crippen molar-refractivity contribution in [2.45, 2.75) is 25.0 Å². The molecule has 1 aromatic carbocycles. The SMILES string of the molecule is O=C(O)C1CC(O)CN1C(=O)c1ccc2c(c1)NCC2. The van der Waals surface area contributed by atoms with Gasteiger partial charge >= 0.3 is 5.97 Å². The van der Waals surface area contributed by atoms with Gasteiger partial charge in [-0.25, -0.2) is 4.79 Å². The minimum Gasteiger partial charge on any atom is -0.480 e. The van der Waals surface area contributed by atoms with Gasteiger partial charge < -0.3 is 20.4 Å². The molecule has 0 aromatic heterocycles. The molecular weight excluding hydrogens is 260 g/mol. The van der Waals surface area contributed by atoms with Crippen molar-refractivity contribution in [3.63, 3.8) is 0 Å². The van der Waals surface area contributed by atoms with Gasteiger partial charge in [-0.1, -0.05) is 6.07 Å². The Morgan fingerprint density at radius 2 is 2.15 bits per heavy atom. The predicted molar refractivity (Wildman–Crippen MR) is 71.7 cm³/mol. The summed E-state index contributed by atoms with van der Waals surface area (Å²) in [5.41, 5.74) is 2.55. The van der Waals surface area contributed by atoms with Gasteiger partial charge in [0.1, 0.15) is 6.04 Å². The van der Waals surface area contributed by atoms with Gasteiger partial charge in [0.05, 0.1) is 6.10 Å². The highest BCUT2D eigenvalue weighted by Crippen LogP contribution is 2.26. The maximum atomic E-state index is 12.4. The van der Waals surface area contributed by atoms with Gasteiger partial charge in [-0.2, -0.15) is 0 Å². The fraction of sp³-hybridized carbons (Fsp3) is 0.429. The van der Waals surface area contributed by atoms with E-state index in [1.165, 1.54) is 4.90 Å². The normalized spacial score (nSPS) is 24.4. The van der Waals surface area contributed by atoms with Crippen LogP contribution in [0, 0.1) is 0 Å². The minimum absolute atomic E-state index is 0.0698. The third-order valence-corrected chi connectivity index (χ3v) is 3.89. The molecule has 0 bridgehead atoms. The van der Waals surface area contributed by atoms with Crippen LogP contribution in [0.5, 0.6) is 0 Å². The van der Waals surface area contributed by atoms with E-state index in [-0.39, 0.29) is 18.9 Å². The molecule has 6 nitrogen and oxygen atoms in total. The molecule has 2 aliphatic heterocycles. The van der Waals surface area contributed by atoms with E-state index < -0.39 is 18.1 Å². The predicted octanol–water partition coefficient (Wildman–Crippen LogP) is 0.315. The van der Waals surface area contributed by atoms with Gasteiger partial charge in [0.2, 0.25) is 0 Å². The Bertz CT molecular complexity index is 572. The Hall–Kier alpha value is -2.08. The number of carbonyl (C=O) groups is 2. The van der Waals surface area contributed by atoms with Crippen LogP contribution >= 0.6 is 0 Å². The van der Waals surface area contributed by atoms with E-state index in [4.69, 9.17) is 5.11 Å². The smallest absolute Gasteiger partial charge is 0.326 e. The lowest BCUT2D eigenvalue weighted by Gasteiger charge is -2.21. The maximum Gasteiger partial charge on any atom is 0.326 e. The summed E-state index contributed by atoms with van der Waals surface area (Å²) in [6.07, 6.45) is 0.251. The average Bonchev–Trinajstić information content (AvgIpc) is 3.02. The third kappa shape index (κ3) is 2.12. The molecule has 6 heteroatoms. The summed E-state index contributed by atoms with van der Waals surface area (Å²) >= 11 is 0. The Balaban J connectivity index is 1.86. The highest BCUT2D eigenvalue weighted by atomic mass is 16.4. The van der Waals surface area contributed by atoms with E-state index >= 15 is 0 Å². The largest absolute Gasteiger partial charge is 0.480 e. The van der Waals surface area contributed by atoms with Gasteiger partial charge in [-0.3, -0.25) is 4.79 Å². The first-order valence-corrected chi connectivity index (χ1v) is 6.65. The monoisotopic (exact) mass is 276 g/mol. The van der Waals surface area contributed by atoms with Crippen molar-refractivity contribution in [2.75, 3.05) is 18.4 Å². The van der Waals surface area contributed by atoms with Crippen LogP contribution in [-0.2, 0) is 11.2 Å². The molecule has 3 rings (SSSR count). The number of benzene rings is 1. The number of nitrogens with one attached hydrogen (secondary N) is 1. The summed E-state index contributed by atoms with van der Waals surface area (Å²) < 4.78 is 0. The summed E-state index contributed by atoms with van der Waals surface area (Å²) in [5.74, 6) is -1.42. The fourth-order valence-electron chi connectivity index (χ4n) is 2.86. The number of anilines is 1. The Morgan fingerprint density at radius 3 is 2.90 bits per heavy atom. The number of aliphatic hydroxyl groups excluding tert-OH is 1. The lowest BCUT2D eigenvalue weighted by Crippen LogP contribution is -2.40. The lowest BCUT2D eigenvalue weighted by molar-refractivity contribution is -0.141. The fourth-order valence-corrected chi connectivity index (χ4v) is 2.86. The molecule has 2 aliphatic rings. The molecule has 1 aromatic rings. The Morgan fingerprint density at radius 1 is 1.35 bits per heavy atom. The molecule has 2 heterocycles. The maximum absolute atomic E-state index is 12.4. The van der Waals surface area contributed by atoms with Crippen molar-refractivity contribution in [2.24, 2.45) is 0 Å². The topological polar surface area (TPSA) is 89.9 Å². The number of carboxylic acids is 1. The van der Waals surface area contributed by atoms with Crippen molar-refractivity contribution in [3.8, 4) is 0 Å². The van der Waals surface area contributed by atoms with Gasteiger partial charge in [-0.15, -0.1) is 0 Å². The van der Waals surface area contributed by atoms with Crippen molar-refractivity contribution >= 4 is 17.6 Å². The zero-order valence-corrected chi connectivity index (χ0v) is 10.9. The summed E-state index contributed by atoms with van der Waals surface area (Å²) in [6.45, 7) is 0.924. The standard InChI is InChI=1S/C14H16N2O4/c17-10-6-12(14(19)20)16(7-10)13(18)9-2-1-8-3-4-15-11(8)5-9/h1-2,5,10,12,15,17H,3-4,6-7H2,(H,19,20). The molecule has 1 amide bonds. The molecule has 2 atom stereocenters. The second-order valence-corrected chi connectivity index (χ2v) is 5.25.